The third kappa shape index (κ3) is 4.83. The van der Waals surface area contributed by atoms with E-state index in [1.54, 1.807) is 24.3 Å². The fourth-order valence-electron chi connectivity index (χ4n) is 3.18. The Labute approximate surface area is 179 Å². The van der Waals surface area contributed by atoms with E-state index in [1.165, 1.54) is 18.4 Å². The van der Waals surface area contributed by atoms with Gasteiger partial charge in [0.15, 0.2) is 5.78 Å². The van der Waals surface area contributed by atoms with Gasteiger partial charge in [-0.1, -0.05) is 60.2 Å². The van der Waals surface area contributed by atoms with Gasteiger partial charge in [-0.3, -0.25) is 9.59 Å². The third-order valence-corrected chi connectivity index (χ3v) is 5.76. The molecule has 2 aromatic carbocycles. The number of ketones is 1. The van der Waals surface area contributed by atoms with Gasteiger partial charge in [0.1, 0.15) is 10.6 Å². The first-order chi connectivity index (χ1) is 14.4. The Morgan fingerprint density at radius 2 is 1.60 bits per heavy atom. The van der Waals surface area contributed by atoms with E-state index in [4.69, 9.17) is 4.74 Å². The smallest absolute Gasteiger partial charge is 0.341 e. The molecule has 0 saturated heterocycles. The van der Waals surface area contributed by atoms with Crippen LogP contribution in [-0.2, 0) is 9.53 Å². The van der Waals surface area contributed by atoms with E-state index < -0.39 is 5.97 Å². The maximum absolute atomic E-state index is 12.5. The highest BCUT2D eigenvalue weighted by Crippen LogP contribution is 2.40. The van der Waals surface area contributed by atoms with Crippen molar-refractivity contribution in [3.8, 4) is 11.1 Å². The average molecular weight is 422 g/mol. The van der Waals surface area contributed by atoms with E-state index in [0.29, 0.717) is 16.1 Å². The molecule has 0 aliphatic rings. The molecule has 0 spiro atoms. The van der Waals surface area contributed by atoms with Crippen LogP contribution in [0.4, 0.5) is 5.00 Å². The maximum atomic E-state index is 12.5. The number of methoxy groups -OCH3 is 1. The van der Waals surface area contributed by atoms with Crippen LogP contribution in [0.15, 0.2) is 54.6 Å². The SMILES string of the molecule is COC(=O)c1c(NC(=O)CCC(=O)c2ccccc2)sc(C)c1-c1ccc(C)cc1. The van der Waals surface area contributed by atoms with Crippen LogP contribution in [0, 0.1) is 13.8 Å². The zero-order chi connectivity index (χ0) is 21.7. The number of carbonyl (C=O) groups excluding carboxylic acids is 3. The minimum Gasteiger partial charge on any atom is -0.465 e. The lowest BCUT2D eigenvalue weighted by atomic mass is 10.0. The third-order valence-electron chi connectivity index (χ3n) is 4.74. The van der Waals surface area contributed by atoms with Crippen LogP contribution in [0.2, 0.25) is 0 Å². The van der Waals surface area contributed by atoms with Crippen LogP contribution in [0.3, 0.4) is 0 Å². The van der Waals surface area contributed by atoms with Crippen molar-refractivity contribution < 1.29 is 19.1 Å². The Balaban J connectivity index is 1.80. The van der Waals surface area contributed by atoms with Crippen molar-refractivity contribution in [3.05, 3.63) is 76.2 Å². The normalized spacial score (nSPS) is 10.5. The minimum absolute atomic E-state index is 0.0329. The molecule has 0 radical (unpaired) electrons. The van der Waals surface area contributed by atoms with Crippen molar-refractivity contribution in [2.45, 2.75) is 26.7 Å². The molecule has 5 nitrogen and oxygen atoms in total. The number of ether oxygens (including phenoxy) is 1. The number of amides is 1. The highest BCUT2D eigenvalue weighted by molar-refractivity contribution is 7.17. The zero-order valence-corrected chi connectivity index (χ0v) is 18.0. The molecule has 6 heteroatoms. The van der Waals surface area contributed by atoms with Gasteiger partial charge < -0.3 is 10.1 Å². The van der Waals surface area contributed by atoms with Crippen LogP contribution in [0.1, 0.15) is 44.0 Å². The van der Waals surface area contributed by atoms with Crippen molar-refractivity contribution in [1.82, 2.24) is 0 Å². The van der Waals surface area contributed by atoms with Crippen LogP contribution in [-0.4, -0.2) is 24.8 Å². The van der Waals surface area contributed by atoms with Crippen LogP contribution in [0.5, 0.6) is 0 Å². The molecule has 0 aliphatic carbocycles. The lowest BCUT2D eigenvalue weighted by Crippen LogP contribution is -2.15. The van der Waals surface area contributed by atoms with E-state index in [-0.39, 0.29) is 24.5 Å². The highest BCUT2D eigenvalue weighted by atomic mass is 32.1. The molecule has 0 aliphatic heterocycles. The quantitative estimate of drug-likeness (QED) is 0.408. The average Bonchev–Trinajstić information content (AvgIpc) is 3.08. The van der Waals surface area contributed by atoms with Crippen molar-refractivity contribution in [2.75, 3.05) is 12.4 Å². The molecule has 0 bridgehead atoms. The largest absolute Gasteiger partial charge is 0.465 e. The number of benzene rings is 2. The Bertz CT molecular complexity index is 1070. The molecule has 1 amide bonds. The van der Waals surface area contributed by atoms with Crippen molar-refractivity contribution in [1.29, 1.82) is 0 Å². The predicted octanol–water partition coefficient (Wildman–Crippen LogP) is 5.42. The van der Waals surface area contributed by atoms with Gasteiger partial charge in [-0.05, 0) is 19.4 Å². The monoisotopic (exact) mass is 421 g/mol. The van der Waals surface area contributed by atoms with Crippen molar-refractivity contribution in [2.24, 2.45) is 0 Å². The standard InChI is InChI=1S/C24H23NO4S/c1-15-9-11-18(12-10-15)21-16(2)30-23(22(21)24(28)29-3)25-20(27)14-13-19(26)17-7-5-4-6-8-17/h4-12H,13-14H2,1-3H3,(H,25,27). The van der Waals surface area contributed by atoms with Gasteiger partial charge in [0.2, 0.25) is 5.91 Å². The number of nitrogens with one attached hydrogen (secondary N) is 1. The maximum Gasteiger partial charge on any atom is 0.341 e. The number of Topliss-reactive ketones (excluding diaryl/α,β-unsaturated/α-hetero) is 1. The molecule has 3 aromatic rings. The molecule has 30 heavy (non-hydrogen) atoms. The van der Waals surface area contributed by atoms with Gasteiger partial charge in [-0.15, -0.1) is 11.3 Å². The second kappa shape index (κ2) is 9.50. The van der Waals surface area contributed by atoms with E-state index >= 15 is 0 Å². The van der Waals surface area contributed by atoms with Gasteiger partial charge in [0, 0.05) is 28.8 Å². The minimum atomic E-state index is -0.509. The predicted molar refractivity (Wildman–Crippen MR) is 119 cm³/mol. The summed E-state index contributed by atoms with van der Waals surface area (Å²) in [5.41, 5.74) is 3.67. The first-order valence-electron chi connectivity index (χ1n) is 9.57. The van der Waals surface area contributed by atoms with Crippen molar-refractivity contribution >= 4 is 34.0 Å². The number of esters is 1. The molecule has 1 aromatic heterocycles. The second-order valence-electron chi connectivity index (χ2n) is 6.93. The van der Waals surface area contributed by atoms with Gasteiger partial charge in [0.05, 0.1) is 7.11 Å². The number of aryl methyl sites for hydroxylation is 2. The molecule has 1 N–H and O–H groups in total. The Morgan fingerprint density at radius 3 is 2.23 bits per heavy atom. The summed E-state index contributed by atoms with van der Waals surface area (Å²) in [6.07, 6.45) is 0.129. The summed E-state index contributed by atoms with van der Waals surface area (Å²) in [5.74, 6) is -0.923. The summed E-state index contributed by atoms with van der Waals surface area (Å²) in [6, 6.07) is 16.7. The number of thiophene rings is 1. The Hall–Kier alpha value is -3.25. The lowest BCUT2D eigenvalue weighted by Gasteiger charge is -2.08. The Kier molecular flexibility index (Phi) is 6.79. The van der Waals surface area contributed by atoms with Gasteiger partial charge in [0.25, 0.3) is 0 Å². The number of carbonyl (C=O) groups is 3. The fourth-order valence-corrected chi connectivity index (χ4v) is 4.26. The fraction of sp³-hybridized carbons (Fsp3) is 0.208. The van der Waals surface area contributed by atoms with Gasteiger partial charge in [-0.25, -0.2) is 4.79 Å². The number of rotatable bonds is 7. The molecule has 1 heterocycles. The molecular weight excluding hydrogens is 398 g/mol. The number of anilines is 1. The van der Waals surface area contributed by atoms with Crippen molar-refractivity contribution in [3.63, 3.8) is 0 Å². The highest BCUT2D eigenvalue weighted by Gasteiger charge is 2.25. The topological polar surface area (TPSA) is 72.5 Å². The second-order valence-corrected chi connectivity index (χ2v) is 8.16. The van der Waals surface area contributed by atoms with Gasteiger partial charge >= 0.3 is 5.97 Å². The molecule has 0 fully saturated rings. The van der Waals surface area contributed by atoms with Crippen LogP contribution < -0.4 is 5.32 Å². The zero-order valence-electron chi connectivity index (χ0n) is 17.2. The summed E-state index contributed by atoms with van der Waals surface area (Å²) < 4.78 is 4.98. The summed E-state index contributed by atoms with van der Waals surface area (Å²) in [5, 5.41) is 3.24. The van der Waals surface area contributed by atoms with Gasteiger partial charge in [-0.2, -0.15) is 0 Å². The first-order valence-corrected chi connectivity index (χ1v) is 10.4. The van der Waals surface area contributed by atoms with E-state index in [0.717, 1.165) is 21.6 Å². The van der Waals surface area contributed by atoms with E-state index in [9.17, 15) is 14.4 Å². The Morgan fingerprint density at radius 1 is 0.933 bits per heavy atom. The molecule has 154 valence electrons. The van der Waals surface area contributed by atoms with Crippen LogP contribution >= 0.6 is 11.3 Å². The van der Waals surface area contributed by atoms with Crippen LogP contribution in [0.25, 0.3) is 11.1 Å². The summed E-state index contributed by atoms with van der Waals surface area (Å²) in [7, 11) is 1.32. The molecule has 0 saturated carbocycles. The molecular formula is C24H23NO4S. The summed E-state index contributed by atoms with van der Waals surface area (Å²) in [4.78, 5) is 38.2. The number of hydrogen-bond acceptors (Lipinski definition) is 5. The summed E-state index contributed by atoms with van der Waals surface area (Å²) in [6.45, 7) is 3.90. The number of hydrogen-bond donors (Lipinski definition) is 1. The summed E-state index contributed by atoms with van der Waals surface area (Å²) >= 11 is 1.32. The lowest BCUT2D eigenvalue weighted by molar-refractivity contribution is -0.116. The molecule has 0 atom stereocenters. The van der Waals surface area contributed by atoms with E-state index in [1.807, 2.05) is 44.2 Å². The molecule has 0 unspecified atom stereocenters. The molecule has 3 rings (SSSR count). The van der Waals surface area contributed by atoms with E-state index in [2.05, 4.69) is 5.32 Å². The first kappa shape index (κ1) is 21.5.